The molecule has 2 aromatic rings. The zero-order chi connectivity index (χ0) is 19.2. The van der Waals surface area contributed by atoms with Crippen molar-refractivity contribution in [2.45, 2.75) is 25.1 Å². The van der Waals surface area contributed by atoms with E-state index in [4.69, 9.17) is 21.6 Å². The lowest BCUT2D eigenvalue weighted by Crippen LogP contribution is -2.21. The van der Waals surface area contributed by atoms with Gasteiger partial charge in [-0.1, -0.05) is 24.3 Å². The topological polar surface area (TPSA) is 71.5 Å². The molecule has 3 rings (SSSR count). The lowest BCUT2D eigenvalue weighted by Gasteiger charge is -2.21. The summed E-state index contributed by atoms with van der Waals surface area (Å²) < 4.78 is 41.7. The van der Waals surface area contributed by atoms with Gasteiger partial charge in [0, 0.05) is 18.3 Å². The highest BCUT2D eigenvalue weighted by Gasteiger charge is 2.30. The van der Waals surface area contributed by atoms with E-state index in [2.05, 4.69) is 9.82 Å². The lowest BCUT2D eigenvalue weighted by atomic mass is 9.96. The average Bonchev–Trinajstić information content (AvgIpc) is 2.61. The predicted molar refractivity (Wildman–Crippen MR) is 88.9 cm³/mol. The van der Waals surface area contributed by atoms with Crippen LogP contribution >= 0.6 is 11.8 Å². The van der Waals surface area contributed by atoms with Gasteiger partial charge in [-0.25, -0.2) is 9.82 Å². The van der Waals surface area contributed by atoms with E-state index in [1.165, 1.54) is 6.07 Å². The molecule has 0 spiro atoms. The third-order valence-electron chi connectivity index (χ3n) is 3.64. The SMILES string of the molecule is FC(F)(F)c1cccc(CNCl)c1.O=C(O)C1CCOc2ncccc21. The van der Waals surface area contributed by atoms with Crippen molar-refractivity contribution >= 4 is 17.7 Å². The summed E-state index contributed by atoms with van der Waals surface area (Å²) in [6, 6.07) is 8.49. The number of fused-ring (bicyclic) bond motifs is 1. The predicted octanol–water partition coefficient (Wildman–Crippen LogP) is 3.98. The van der Waals surface area contributed by atoms with E-state index in [1.807, 2.05) is 0 Å². The molecule has 0 saturated carbocycles. The molecule has 2 N–H and O–H groups in total. The normalized spacial score (nSPS) is 15.9. The second-order valence-corrected chi connectivity index (χ2v) is 5.70. The number of rotatable bonds is 3. The number of carbonyl (C=O) groups is 1. The maximum atomic E-state index is 12.2. The summed E-state index contributed by atoms with van der Waals surface area (Å²) in [5.41, 5.74) is 0.531. The van der Waals surface area contributed by atoms with Gasteiger partial charge in [0.25, 0.3) is 0 Å². The van der Waals surface area contributed by atoms with Crippen LogP contribution in [0.25, 0.3) is 0 Å². The zero-order valence-corrected chi connectivity index (χ0v) is 14.2. The van der Waals surface area contributed by atoms with Gasteiger partial charge in [-0.05, 0) is 35.9 Å². The summed E-state index contributed by atoms with van der Waals surface area (Å²) in [4.78, 5) is 17.1. The van der Waals surface area contributed by atoms with E-state index < -0.39 is 23.6 Å². The van der Waals surface area contributed by atoms with E-state index >= 15 is 0 Å². The standard InChI is InChI=1S/C9H9NO3.C8H7ClF3N/c11-9(12)7-3-5-13-8-6(7)2-1-4-10-8;9-13-5-6-2-1-3-7(4-6)8(10,11)12/h1-2,4,7H,3,5H2,(H,11,12);1-4,13H,5H2. The third kappa shape index (κ3) is 5.34. The van der Waals surface area contributed by atoms with Gasteiger partial charge in [0.2, 0.25) is 5.88 Å². The van der Waals surface area contributed by atoms with Crippen LogP contribution in [0, 0.1) is 0 Å². The van der Waals surface area contributed by atoms with Crippen LogP contribution < -0.4 is 9.57 Å². The lowest BCUT2D eigenvalue weighted by molar-refractivity contribution is -0.139. The maximum absolute atomic E-state index is 12.2. The Balaban J connectivity index is 0.000000187. The van der Waals surface area contributed by atoms with Gasteiger partial charge in [-0.15, -0.1) is 0 Å². The number of halogens is 4. The van der Waals surface area contributed by atoms with Crippen LogP contribution in [0.4, 0.5) is 13.2 Å². The molecule has 140 valence electrons. The van der Waals surface area contributed by atoms with Crippen molar-refractivity contribution in [1.29, 1.82) is 0 Å². The Kier molecular flexibility index (Phi) is 6.82. The van der Waals surface area contributed by atoms with Crippen LogP contribution in [0.1, 0.15) is 29.0 Å². The van der Waals surface area contributed by atoms with Crippen molar-refractivity contribution in [3.05, 3.63) is 59.3 Å². The van der Waals surface area contributed by atoms with Crippen molar-refractivity contribution in [3.8, 4) is 5.88 Å². The molecular weight excluding hydrogens is 373 g/mol. The molecule has 1 aromatic heterocycles. The summed E-state index contributed by atoms with van der Waals surface area (Å²) >= 11 is 5.17. The van der Waals surface area contributed by atoms with Crippen molar-refractivity contribution < 1.29 is 27.8 Å². The monoisotopic (exact) mass is 388 g/mol. The van der Waals surface area contributed by atoms with Crippen LogP contribution in [-0.2, 0) is 17.5 Å². The van der Waals surface area contributed by atoms with Crippen LogP contribution in [0.2, 0.25) is 0 Å². The van der Waals surface area contributed by atoms with Crippen molar-refractivity contribution in [3.63, 3.8) is 0 Å². The molecule has 26 heavy (non-hydrogen) atoms. The number of carboxylic acids is 1. The Morgan fingerprint density at radius 3 is 2.77 bits per heavy atom. The smallest absolute Gasteiger partial charge is 0.416 e. The zero-order valence-electron chi connectivity index (χ0n) is 13.5. The summed E-state index contributed by atoms with van der Waals surface area (Å²) in [7, 11) is 0. The third-order valence-corrected chi connectivity index (χ3v) is 3.78. The fourth-order valence-corrected chi connectivity index (χ4v) is 2.56. The Bertz CT molecular complexity index is 756. The Hall–Kier alpha value is -2.32. The molecule has 0 fully saturated rings. The highest BCUT2D eigenvalue weighted by molar-refractivity contribution is 6.13. The minimum atomic E-state index is -4.29. The van der Waals surface area contributed by atoms with Gasteiger partial charge >= 0.3 is 12.1 Å². The van der Waals surface area contributed by atoms with Crippen molar-refractivity contribution in [1.82, 2.24) is 9.82 Å². The van der Waals surface area contributed by atoms with E-state index in [0.29, 0.717) is 30.0 Å². The summed E-state index contributed by atoms with van der Waals surface area (Å²) in [5, 5.41) is 8.90. The molecule has 1 aromatic carbocycles. The van der Waals surface area contributed by atoms with Crippen molar-refractivity contribution in [2.24, 2.45) is 0 Å². The van der Waals surface area contributed by atoms with Gasteiger partial charge < -0.3 is 9.84 Å². The number of aromatic nitrogens is 1. The molecular formula is C17H16ClF3N2O3. The minimum Gasteiger partial charge on any atom is -0.481 e. The number of pyridine rings is 1. The van der Waals surface area contributed by atoms with Gasteiger partial charge in [0.15, 0.2) is 0 Å². The molecule has 2 heterocycles. The summed E-state index contributed by atoms with van der Waals surface area (Å²) in [6.07, 6.45) is -2.17. The molecule has 5 nitrogen and oxygen atoms in total. The molecule has 1 atom stereocenters. The van der Waals surface area contributed by atoms with E-state index in [1.54, 1.807) is 24.4 Å². The molecule has 0 bridgehead atoms. The molecule has 1 unspecified atom stereocenters. The molecule has 0 saturated heterocycles. The van der Waals surface area contributed by atoms with E-state index in [9.17, 15) is 18.0 Å². The van der Waals surface area contributed by atoms with Gasteiger partial charge in [0.05, 0.1) is 18.1 Å². The Morgan fingerprint density at radius 1 is 1.35 bits per heavy atom. The number of nitrogens with one attached hydrogen (secondary N) is 1. The molecule has 0 radical (unpaired) electrons. The van der Waals surface area contributed by atoms with Crippen LogP contribution in [0.15, 0.2) is 42.6 Å². The molecule has 0 amide bonds. The van der Waals surface area contributed by atoms with Crippen molar-refractivity contribution in [2.75, 3.05) is 6.61 Å². The summed E-state index contributed by atoms with van der Waals surface area (Å²) in [5.74, 6) is -0.809. The molecule has 9 heteroatoms. The number of benzene rings is 1. The fraction of sp³-hybridized carbons (Fsp3) is 0.294. The Labute approximate surface area is 152 Å². The highest BCUT2D eigenvalue weighted by Crippen LogP contribution is 2.31. The van der Waals surface area contributed by atoms with E-state index in [-0.39, 0.29) is 6.54 Å². The quantitative estimate of drug-likeness (QED) is 0.778. The molecule has 1 aliphatic heterocycles. The second-order valence-electron chi connectivity index (χ2n) is 5.43. The first-order valence-electron chi connectivity index (χ1n) is 7.63. The minimum absolute atomic E-state index is 0.214. The highest BCUT2D eigenvalue weighted by atomic mass is 35.5. The van der Waals surface area contributed by atoms with E-state index in [0.717, 1.165) is 12.1 Å². The van der Waals surface area contributed by atoms with Gasteiger partial charge in [-0.2, -0.15) is 13.2 Å². The van der Waals surface area contributed by atoms with Crippen LogP contribution in [-0.4, -0.2) is 22.7 Å². The molecule has 0 aliphatic carbocycles. The largest absolute Gasteiger partial charge is 0.481 e. The molecule has 1 aliphatic rings. The number of aliphatic carboxylic acids is 1. The number of alkyl halides is 3. The number of hydrogen-bond donors (Lipinski definition) is 2. The first kappa shape index (κ1) is 20.0. The first-order valence-corrected chi connectivity index (χ1v) is 8.01. The number of nitrogens with zero attached hydrogens (tertiary/aromatic N) is 1. The average molecular weight is 389 g/mol. The number of hydrogen-bond acceptors (Lipinski definition) is 4. The fourth-order valence-electron chi connectivity index (χ4n) is 2.41. The van der Waals surface area contributed by atoms with Gasteiger partial charge in [0.1, 0.15) is 0 Å². The first-order chi connectivity index (χ1) is 12.3. The Morgan fingerprint density at radius 2 is 2.12 bits per heavy atom. The van der Waals surface area contributed by atoms with Crippen LogP contribution in [0.3, 0.4) is 0 Å². The maximum Gasteiger partial charge on any atom is 0.416 e. The van der Waals surface area contributed by atoms with Crippen LogP contribution in [0.5, 0.6) is 5.88 Å². The summed E-state index contributed by atoms with van der Waals surface area (Å²) in [6.45, 7) is 0.645. The van der Waals surface area contributed by atoms with Gasteiger partial charge in [-0.3, -0.25) is 4.79 Å². The second kappa shape index (κ2) is 8.86. The number of ether oxygens (including phenoxy) is 1. The number of carboxylic acid groups (broad SMARTS) is 1.